The van der Waals surface area contributed by atoms with Crippen LogP contribution >= 0.6 is 24.0 Å². The molecule has 2 heteroatoms. The summed E-state index contributed by atoms with van der Waals surface area (Å²) in [7, 11) is 0. The Morgan fingerprint density at radius 1 is 1.50 bits per heavy atom. The molecular formula is C10H16S2. The Bertz CT molecular complexity index is 186. The molecule has 0 radical (unpaired) electrons. The van der Waals surface area contributed by atoms with Gasteiger partial charge in [0.25, 0.3) is 0 Å². The maximum absolute atomic E-state index is 4.29. The zero-order valence-corrected chi connectivity index (χ0v) is 9.20. The zero-order chi connectivity index (χ0) is 8.81. The predicted octanol–water partition coefficient (Wildman–Crippen LogP) is 3.95. The fourth-order valence-electron chi connectivity index (χ4n) is 1.46. The maximum Gasteiger partial charge on any atom is 0.00764 e. The molecule has 0 nitrogen and oxygen atoms in total. The first-order valence-electron chi connectivity index (χ1n) is 4.52. The van der Waals surface area contributed by atoms with Crippen LogP contribution in [0.3, 0.4) is 0 Å². The van der Waals surface area contributed by atoms with Crippen LogP contribution in [0.15, 0.2) is 17.5 Å². The Morgan fingerprint density at radius 3 is 2.83 bits per heavy atom. The van der Waals surface area contributed by atoms with Gasteiger partial charge in [0.05, 0.1) is 0 Å². The highest BCUT2D eigenvalue weighted by Crippen LogP contribution is 2.28. The molecule has 1 aromatic heterocycles. The van der Waals surface area contributed by atoms with Crippen LogP contribution in [-0.2, 0) is 0 Å². The molecule has 1 heterocycles. The molecule has 1 rings (SSSR count). The fourth-order valence-corrected chi connectivity index (χ4v) is 2.67. The Hall–Kier alpha value is 0.0500. The van der Waals surface area contributed by atoms with E-state index in [1.807, 2.05) is 11.3 Å². The molecule has 12 heavy (non-hydrogen) atoms. The van der Waals surface area contributed by atoms with E-state index in [1.165, 1.54) is 24.1 Å². The molecule has 0 saturated heterocycles. The summed E-state index contributed by atoms with van der Waals surface area (Å²) in [6, 6.07) is 4.38. The molecule has 0 aliphatic heterocycles. The van der Waals surface area contributed by atoms with Crippen molar-refractivity contribution < 1.29 is 0 Å². The van der Waals surface area contributed by atoms with Crippen molar-refractivity contribution in [3.63, 3.8) is 0 Å². The average molecular weight is 200 g/mol. The van der Waals surface area contributed by atoms with Crippen LogP contribution in [-0.4, -0.2) is 5.75 Å². The lowest BCUT2D eigenvalue weighted by Crippen LogP contribution is -1.96. The van der Waals surface area contributed by atoms with Gasteiger partial charge in [0, 0.05) is 4.88 Å². The summed E-state index contributed by atoms with van der Waals surface area (Å²) in [5, 5.41) is 2.16. The van der Waals surface area contributed by atoms with E-state index >= 15 is 0 Å². The van der Waals surface area contributed by atoms with Gasteiger partial charge in [-0.25, -0.2) is 0 Å². The Morgan fingerprint density at radius 2 is 2.33 bits per heavy atom. The van der Waals surface area contributed by atoms with Crippen molar-refractivity contribution in [1.29, 1.82) is 0 Å². The molecule has 0 N–H and O–H groups in total. The van der Waals surface area contributed by atoms with E-state index in [-0.39, 0.29) is 0 Å². The molecule has 1 aromatic rings. The highest BCUT2D eigenvalue weighted by Gasteiger charge is 2.09. The molecular weight excluding hydrogens is 184 g/mol. The first-order valence-corrected chi connectivity index (χ1v) is 6.04. The number of thiol groups is 1. The van der Waals surface area contributed by atoms with Gasteiger partial charge in [0.1, 0.15) is 0 Å². The molecule has 0 unspecified atom stereocenters. The van der Waals surface area contributed by atoms with Gasteiger partial charge in [-0.2, -0.15) is 12.6 Å². The molecule has 1 atom stereocenters. The van der Waals surface area contributed by atoms with Crippen molar-refractivity contribution in [3.8, 4) is 0 Å². The Labute approximate surface area is 84.4 Å². The second-order valence-electron chi connectivity index (χ2n) is 3.01. The maximum atomic E-state index is 4.29. The summed E-state index contributed by atoms with van der Waals surface area (Å²) in [6.07, 6.45) is 3.80. The van der Waals surface area contributed by atoms with E-state index < -0.39 is 0 Å². The third-order valence-corrected chi connectivity index (χ3v) is 3.35. The van der Waals surface area contributed by atoms with Crippen molar-refractivity contribution in [2.45, 2.75) is 32.1 Å². The van der Waals surface area contributed by atoms with Gasteiger partial charge < -0.3 is 0 Å². The van der Waals surface area contributed by atoms with Crippen LogP contribution in [0.25, 0.3) is 0 Å². The van der Waals surface area contributed by atoms with Crippen LogP contribution in [0.4, 0.5) is 0 Å². The van der Waals surface area contributed by atoms with Gasteiger partial charge in [0.2, 0.25) is 0 Å². The van der Waals surface area contributed by atoms with E-state index in [9.17, 15) is 0 Å². The van der Waals surface area contributed by atoms with E-state index in [0.29, 0.717) is 0 Å². The molecule has 0 aromatic carbocycles. The van der Waals surface area contributed by atoms with E-state index in [4.69, 9.17) is 0 Å². The van der Waals surface area contributed by atoms with Gasteiger partial charge in [-0.05, 0) is 36.0 Å². The Kier molecular flexibility index (Phi) is 4.77. The van der Waals surface area contributed by atoms with Crippen LogP contribution in [0.1, 0.15) is 37.0 Å². The molecule has 0 fully saturated rings. The average Bonchev–Trinajstić information content (AvgIpc) is 2.56. The van der Waals surface area contributed by atoms with Crippen molar-refractivity contribution in [2.75, 3.05) is 5.75 Å². The van der Waals surface area contributed by atoms with Gasteiger partial charge in [-0.1, -0.05) is 19.4 Å². The van der Waals surface area contributed by atoms with E-state index in [1.54, 1.807) is 0 Å². The van der Waals surface area contributed by atoms with Crippen LogP contribution in [0, 0.1) is 0 Å². The minimum atomic E-state index is 0.757. The summed E-state index contributed by atoms with van der Waals surface area (Å²) < 4.78 is 0. The SMILES string of the molecule is CCC[C@@H](CCS)c1cccs1. The zero-order valence-electron chi connectivity index (χ0n) is 7.49. The highest BCUT2D eigenvalue weighted by atomic mass is 32.1. The molecule has 68 valence electrons. The summed E-state index contributed by atoms with van der Waals surface area (Å²) in [4.78, 5) is 1.53. The van der Waals surface area contributed by atoms with Crippen LogP contribution in [0.5, 0.6) is 0 Å². The second-order valence-corrected chi connectivity index (χ2v) is 4.44. The second kappa shape index (κ2) is 5.65. The lowest BCUT2D eigenvalue weighted by atomic mass is 9.99. The molecule has 0 aliphatic carbocycles. The van der Waals surface area contributed by atoms with E-state index in [2.05, 4.69) is 37.1 Å². The smallest absolute Gasteiger partial charge is 0.00764 e. The van der Waals surface area contributed by atoms with Gasteiger partial charge in [-0.3, -0.25) is 0 Å². The normalized spacial score (nSPS) is 13.2. The van der Waals surface area contributed by atoms with Gasteiger partial charge in [0.15, 0.2) is 0 Å². The van der Waals surface area contributed by atoms with Crippen molar-refractivity contribution in [1.82, 2.24) is 0 Å². The number of thiophene rings is 1. The van der Waals surface area contributed by atoms with Crippen LogP contribution in [0.2, 0.25) is 0 Å². The molecule has 0 saturated carbocycles. The van der Waals surface area contributed by atoms with E-state index in [0.717, 1.165) is 11.7 Å². The number of hydrogen-bond acceptors (Lipinski definition) is 2. The molecule has 0 amide bonds. The third-order valence-electron chi connectivity index (χ3n) is 2.06. The number of rotatable bonds is 5. The monoisotopic (exact) mass is 200 g/mol. The summed E-state index contributed by atoms with van der Waals surface area (Å²) >= 11 is 6.17. The first kappa shape index (κ1) is 10.1. The summed E-state index contributed by atoms with van der Waals surface area (Å²) in [5.41, 5.74) is 0. The lowest BCUT2D eigenvalue weighted by Gasteiger charge is -2.12. The minimum Gasteiger partial charge on any atom is -0.179 e. The van der Waals surface area contributed by atoms with Gasteiger partial charge >= 0.3 is 0 Å². The van der Waals surface area contributed by atoms with Crippen molar-refractivity contribution >= 4 is 24.0 Å². The van der Waals surface area contributed by atoms with Crippen molar-refractivity contribution in [3.05, 3.63) is 22.4 Å². The summed E-state index contributed by atoms with van der Waals surface area (Å²) in [6.45, 7) is 2.25. The molecule has 0 aliphatic rings. The molecule has 0 bridgehead atoms. The first-order chi connectivity index (χ1) is 5.88. The standard InChI is InChI=1S/C10H16S2/c1-2-4-9(6-7-11)10-5-3-8-12-10/h3,5,8-9,11H,2,4,6-7H2,1H3/t9-/m0/s1. The van der Waals surface area contributed by atoms with Crippen molar-refractivity contribution in [2.24, 2.45) is 0 Å². The molecule has 0 spiro atoms. The highest BCUT2D eigenvalue weighted by molar-refractivity contribution is 7.80. The predicted molar refractivity (Wildman–Crippen MR) is 60.4 cm³/mol. The Balaban J connectivity index is 2.53. The van der Waals surface area contributed by atoms with Gasteiger partial charge in [-0.15, -0.1) is 11.3 Å². The topological polar surface area (TPSA) is 0 Å². The minimum absolute atomic E-state index is 0.757. The lowest BCUT2D eigenvalue weighted by molar-refractivity contribution is 0.610. The third kappa shape index (κ3) is 2.83. The summed E-state index contributed by atoms with van der Waals surface area (Å²) in [5.74, 6) is 1.76. The largest absolute Gasteiger partial charge is 0.179 e. The number of hydrogen-bond donors (Lipinski definition) is 1. The van der Waals surface area contributed by atoms with Crippen LogP contribution < -0.4 is 0 Å². The fraction of sp³-hybridized carbons (Fsp3) is 0.600. The quantitative estimate of drug-likeness (QED) is 0.684.